The van der Waals surface area contributed by atoms with Gasteiger partial charge in [0.25, 0.3) is 5.91 Å². The van der Waals surface area contributed by atoms with Crippen LogP contribution in [0.15, 0.2) is 61.2 Å². The fourth-order valence-electron chi connectivity index (χ4n) is 2.65. The van der Waals surface area contributed by atoms with Crippen LogP contribution >= 0.6 is 0 Å². The number of hydrogen-bond acceptors (Lipinski definition) is 3. The normalized spacial score (nSPS) is 10.2. The van der Waals surface area contributed by atoms with E-state index in [2.05, 4.69) is 30.6 Å². The van der Waals surface area contributed by atoms with Gasteiger partial charge in [0, 0.05) is 24.5 Å². The first-order valence-electron chi connectivity index (χ1n) is 8.64. The zero-order chi connectivity index (χ0) is 18.1. The zero-order valence-corrected chi connectivity index (χ0v) is 15.0. The van der Waals surface area contributed by atoms with E-state index in [4.69, 9.17) is 4.74 Å². The lowest BCUT2D eigenvalue weighted by Gasteiger charge is -2.21. The molecule has 132 valence electrons. The van der Waals surface area contributed by atoms with E-state index in [1.165, 1.54) is 0 Å². The maximum Gasteiger partial charge on any atom is 0.262 e. The maximum atomic E-state index is 12.1. The quantitative estimate of drug-likeness (QED) is 0.694. The molecule has 0 aliphatic heterocycles. The van der Waals surface area contributed by atoms with Gasteiger partial charge >= 0.3 is 0 Å². The van der Waals surface area contributed by atoms with Crippen LogP contribution in [-0.2, 0) is 11.2 Å². The van der Waals surface area contributed by atoms with Crippen LogP contribution in [0.1, 0.15) is 19.4 Å². The van der Waals surface area contributed by atoms with Crippen molar-refractivity contribution in [3.63, 3.8) is 0 Å². The lowest BCUT2D eigenvalue weighted by Crippen LogP contribution is -2.22. The number of ether oxygens (including phenoxy) is 1. The van der Waals surface area contributed by atoms with E-state index in [0.717, 1.165) is 35.8 Å². The van der Waals surface area contributed by atoms with Crippen molar-refractivity contribution in [2.24, 2.45) is 0 Å². The fourth-order valence-corrected chi connectivity index (χ4v) is 2.65. The summed E-state index contributed by atoms with van der Waals surface area (Å²) in [6.45, 7) is 9.89. The van der Waals surface area contributed by atoms with Crippen molar-refractivity contribution < 1.29 is 9.53 Å². The van der Waals surface area contributed by atoms with E-state index in [1.807, 2.05) is 54.6 Å². The summed E-state index contributed by atoms with van der Waals surface area (Å²) in [5, 5.41) is 2.86. The lowest BCUT2D eigenvalue weighted by atomic mass is 10.1. The number of carbonyl (C=O) groups excluding carboxylic acids is 1. The van der Waals surface area contributed by atoms with Crippen molar-refractivity contribution in [1.29, 1.82) is 0 Å². The van der Waals surface area contributed by atoms with Crippen LogP contribution in [-0.4, -0.2) is 25.6 Å². The SMILES string of the molecule is C=CCc1ccccc1OCC(=O)Nc1ccc(N(CC)CC)cc1. The summed E-state index contributed by atoms with van der Waals surface area (Å²) in [5.74, 6) is 0.540. The van der Waals surface area contributed by atoms with Crippen LogP contribution in [0.2, 0.25) is 0 Å². The number of allylic oxidation sites excluding steroid dienone is 1. The maximum absolute atomic E-state index is 12.1. The molecular weight excluding hydrogens is 312 g/mol. The van der Waals surface area contributed by atoms with Gasteiger partial charge in [-0.2, -0.15) is 0 Å². The third-order valence-corrected chi connectivity index (χ3v) is 3.98. The van der Waals surface area contributed by atoms with Crippen molar-refractivity contribution >= 4 is 17.3 Å². The summed E-state index contributed by atoms with van der Waals surface area (Å²) in [6, 6.07) is 15.5. The summed E-state index contributed by atoms with van der Waals surface area (Å²) in [5.41, 5.74) is 2.94. The largest absolute Gasteiger partial charge is 0.483 e. The number of benzene rings is 2. The highest BCUT2D eigenvalue weighted by Gasteiger charge is 2.07. The van der Waals surface area contributed by atoms with Crippen LogP contribution in [0.3, 0.4) is 0 Å². The van der Waals surface area contributed by atoms with Crippen molar-refractivity contribution in [2.45, 2.75) is 20.3 Å². The molecule has 0 unspecified atom stereocenters. The molecular formula is C21H26N2O2. The minimum absolute atomic E-state index is 0.0219. The number of nitrogens with zero attached hydrogens (tertiary/aromatic N) is 1. The average Bonchev–Trinajstić information content (AvgIpc) is 2.64. The molecule has 0 heterocycles. The monoisotopic (exact) mass is 338 g/mol. The van der Waals surface area contributed by atoms with Gasteiger partial charge in [0.1, 0.15) is 5.75 Å². The van der Waals surface area contributed by atoms with Crippen molar-refractivity contribution in [3.05, 3.63) is 66.7 Å². The Bertz CT molecular complexity index is 691. The standard InChI is InChI=1S/C21H26N2O2/c1-4-9-17-10-7-8-11-20(17)25-16-21(24)22-18-12-14-19(15-13-18)23(5-2)6-3/h4,7-8,10-15H,1,5-6,9,16H2,2-3H3,(H,22,24). The molecule has 0 radical (unpaired) electrons. The molecule has 2 aromatic rings. The molecule has 0 atom stereocenters. The van der Waals surface area contributed by atoms with Gasteiger partial charge in [-0.15, -0.1) is 6.58 Å². The molecule has 0 saturated heterocycles. The van der Waals surface area contributed by atoms with Crippen LogP contribution in [0.4, 0.5) is 11.4 Å². The van der Waals surface area contributed by atoms with E-state index in [1.54, 1.807) is 0 Å². The number of rotatable bonds is 9. The fraction of sp³-hybridized carbons (Fsp3) is 0.286. The second-order valence-electron chi connectivity index (χ2n) is 5.66. The van der Waals surface area contributed by atoms with E-state index in [9.17, 15) is 4.79 Å². The topological polar surface area (TPSA) is 41.6 Å². The Labute approximate surface area is 150 Å². The molecule has 0 spiro atoms. The number of anilines is 2. The van der Waals surface area contributed by atoms with E-state index < -0.39 is 0 Å². The Kier molecular flexibility index (Phi) is 7.08. The van der Waals surface area contributed by atoms with Gasteiger partial charge in [-0.1, -0.05) is 24.3 Å². The first-order valence-corrected chi connectivity index (χ1v) is 8.64. The van der Waals surface area contributed by atoms with E-state index in [-0.39, 0.29) is 12.5 Å². The van der Waals surface area contributed by atoms with Gasteiger partial charge in [-0.25, -0.2) is 0 Å². The first kappa shape index (κ1) is 18.6. The Hall–Kier alpha value is -2.75. The number of amides is 1. The van der Waals surface area contributed by atoms with Crippen LogP contribution < -0.4 is 15.0 Å². The van der Waals surface area contributed by atoms with Crippen molar-refractivity contribution in [2.75, 3.05) is 29.9 Å². The molecule has 1 amide bonds. The second-order valence-corrected chi connectivity index (χ2v) is 5.66. The summed E-state index contributed by atoms with van der Waals surface area (Å²) in [4.78, 5) is 14.4. The molecule has 25 heavy (non-hydrogen) atoms. The molecule has 1 N–H and O–H groups in total. The third kappa shape index (κ3) is 5.38. The van der Waals surface area contributed by atoms with Gasteiger partial charge in [0.15, 0.2) is 6.61 Å². The molecule has 2 aromatic carbocycles. The molecule has 0 saturated carbocycles. The molecule has 0 bridgehead atoms. The summed E-state index contributed by atoms with van der Waals surface area (Å²) in [6.07, 6.45) is 2.53. The van der Waals surface area contributed by atoms with Gasteiger partial charge < -0.3 is 15.0 Å². The highest BCUT2D eigenvalue weighted by molar-refractivity contribution is 5.92. The number of para-hydroxylation sites is 1. The lowest BCUT2D eigenvalue weighted by molar-refractivity contribution is -0.118. The number of hydrogen-bond donors (Lipinski definition) is 1. The van der Waals surface area contributed by atoms with Crippen molar-refractivity contribution in [3.8, 4) is 5.75 Å². The van der Waals surface area contributed by atoms with Crippen molar-refractivity contribution in [1.82, 2.24) is 0 Å². The molecule has 4 nitrogen and oxygen atoms in total. The van der Waals surface area contributed by atoms with Gasteiger partial charge in [0.05, 0.1) is 0 Å². The van der Waals surface area contributed by atoms with E-state index in [0.29, 0.717) is 6.42 Å². The van der Waals surface area contributed by atoms with Gasteiger partial charge in [-0.05, 0) is 56.2 Å². The zero-order valence-electron chi connectivity index (χ0n) is 15.0. The summed E-state index contributed by atoms with van der Waals surface area (Å²) < 4.78 is 5.65. The van der Waals surface area contributed by atoms with E-state index >= 15 is 0 Å². The predicted molar refractivity (Wildman–Crippen MR) is 104 cm³/mol. The Morgan fingerprint density at radius 1 is 1.12 bits per heavy atom. The van der Waals surface area contributed by atoms with Crippen LogP contribution in [0.5, 0.6) is 5.75 Å². The summed E-state index contributed by atoms with van der Waals surface area (Å²) in [7, 11) is 0. The summed E-state index contributed by atoms with van der Waals surface area (Å²) >= 11 is 0. The molecule has 0 aliphatic carbocycles. The Morgan fingerprint density at radius 2 is 1.80 bits per heavy atom. The minimum atomic E-state index is -0.177. The molecule has 0 aromatic heterocycles. The smallest absolute Gasteiger partial charge is 0.262 e. The highest BCUT2D eigenvalue weighted by atomic mass is 16.5. The van der Waals surface area contributed by atoms with Crippen LogP contribution in [0.25, 0.3) is 0 Å². The molecule has 0 fully saturated rings. The highest BCUT2D eigenvalue weighted by Crippen LogP contribution is 2.20. The van der Waals surface area contributed by atoms with Crippen LogP contribution in [0, 0.1) is 0 Å². The van der Waals surface area contributed by atoms with Gasteiger partial charge in [-0.3, -0.25) is 4.79 Å². The number of nitrogens with one attached hydrogen (secondary N) is 1. The third-order valence-electron chi connectivity index (χ3n) is 3.98. The Balaban J connectivity index is 1.91. The Morgan fingerprint density at radius 3 is 2.44 bits per heavy atom. The minimum Gasteiger partial charge on any atom is -0.483 e. The molecule has 0 aliphatic rings. The van der Waals surface area contributed by atoms with Gasteiger partial charge in [0.2, 0.25) is 0 Å². The first-order chi connectivity index (χ1) is 12.2. The molecule has 2 rings (SSSR count). The second kappa shape index (κ2) is 9.52. The predicted octanol–water partition coefficient (Wildman–Crippen LogP) is 4.28. The molecule has 4 heteroatoms. The number of carbonyl (C=O) groups is 1. The average molecular weight is 338 g/mol.